The number of anilines is 1. The van der Waals surface area contributed by atoms with Crippen LogP contribution < -0.4 is 10.1 Å². The SMILES string of the molecule is N#CC1(CN2CC3(CCC(C(=O)Nc4cc(F)cc(OC(F)F)c4)CC3)C2)CCCCC1. The van der Waals surface area contributed by atoms with Gasteiger partial charge < -0.3 is 15.0 Å². The van der Waals surface area contributed by atoms with Gasteiger partial charge in [0, 0.05) is 43.4 Å². The number of likely N-dealkylation sites (tertiary alicyclic amines) is 1. The minimum atomic E-state index is -3.06. The predicted molar refractivity (Wildman–Crippen MR) is 114 cm³/mol. The van der Waals surface area contributed by atoms with E-state index < -0.39 is 12.4 Å². The van der Waals surface area contributed by atoms with E-state index in [0.29, 0.717) is 0 Å². The molecule has 1 N–H and O–H groups in total. The molecule has 0 bridgehead atoms. The lowest BCUT2D eigenvalue weighted by atomic mass is 9.64. The summed E-state index contributed by atoms with van der Waals surface area (Å²) in [7, 11) is 0. The van der Waals surface area contributed by atoms with Crippen LogP contribution in [0.3, 0.4) is 0 Å². The summed E-state index contributed by atoms with van der Waals surface area (Å²) < 4.78 is 42.7. The van der Waals surface area contributed by atoms with Crippen LogP contribution in [0.25, 0.3) is 0 Å². The van der Waals surface area contributed by atoms with E-state index in [1.165, 1.54) is 12.5 Å². The molecule has 1 aliphatic heterocycles. The molecule has 1 saturated heterocycles. The van der Waals surface area contributed by atoms with Crippen molar-refractivity contribution >= 4 is 11.6 Å². The quantitative estimate of drug-likeness (QED) is 0.637. The number of nitrogens with one attached hydrogen (secondary N) is 1. The Hall–Kier alpha value is -2.27. The lowest BCUT2D eigenvalue weighted by Crippen LogP contribution is -2.60. The predicted octanol–water partition coefficient (Wildman–Crippen LogP) is 5.33. The third kappa shape index (κ3) is 5.20. The van der Waals surface area contributed by atoms with Crippen molar-refractivity contribution < 1.29 is 22.7 Å². The third-order valence-corrected chi connectivity index (χ3v) is 7.47. The molecule has 1 spiro atoms. The lowest BCUT2D eigenvalue weighted by molar-refractivity contribution is -0.123. The number of carbonyl (C=O) groups is 1. The summed E-state index contributed by atoms with van der Waals surface area (Å²) in [6.07, 6.45) is 8.91. The highest BCUT2D eigenvalue weighted by Crippen LogP contribution is 2.48. The zero-order chi connectivity index (χ0) is 22.8. The van der Waals surface area contributed by atoms with Gasteiger partial charge in [-0.15, -0.1) is 0 Å². The molecule has 1 aromatic carbocycles. The van der Waals surface area contributed by atoms with Gasteiger partial charge in [-0.1, -0.05) is 19.3 Å². The average molecular weight is 450 g/mol. The van der Waals surface area contributed by atoms with Gasteiger partial charge in [0.1, 0.15) is 11.6 Å². The van der Waals surface area contributed by atoms with E-state index in [9.17, 15) is 23.2 Å². The van der Waals surface area contributed by atoms with E-state index in [2.05, 4.69) is 21.0 Å². The molecule has 0 unspecified atom stereocenters. The maximum atomic E-state index is 13.7. The Morgan fingerprint density at radius 2 is 1.84 bits per heavy atom. The maximum Gasteiger partial charge on any atom is 0.387 e. The third-order valence-electron chi connectivity index (χ3n) is 7.47. The molecule has 0 aromatic heterocycles. The Balaban J connectivity index is 1.26. The maximum absolute atomic E-state index is 13.7. The molecule has 0 radical (unpaired) electrons. The van der Waals surface area contributed by atoms with Crippen LogP contribution in [0.2, 0.25) is 0 Å². The number of rotatable bonds is 6. The Morgan fingerprint density at radius 3 is 2.47 bits per heavy atom. The first-order valence-corrected chi connectivity index (χ1v) is 11.5. The average Bonchev–Trinajstić information content (AvgIpc) is 2.73. The summed E-state index contributed by atoms with van der Waals surface area (Å²) in [5, 5.41) is 12.4. The fraction of sp³-hybridized carbons (Fsp3) is 0.667. The molecule has 1 heterocycles. The van der Waals surface area contributed by atoms with Gasteiger partial charge in [0.25, 0.3) is 0 Å². The van der Waals surface area contributed by atoms with E-state index in [0.717, 1.165) is 83.1 Å². The number of amides is 1. The van der Waals surface area contributed by atoms with E-state index in [1.807, 2.05) is 0 Å². The van der Waals surface area contributed by atoms with Crippen LogP contribution in [-0.4, -0.2) is 37.1 Å². The van der Waals surface area contributed by atoms with Crippen LogP contribution in [0.5, 0.6) is 5.75 Å². The molecule has 3 fully saturated rings. The lowest BCUT2D eigenvalue weighted by Gasteiger charge is -2.55. The second-order valence-electron chi connectivity index (χ2n) is 9.92. The number of ether oxygens (including phenoxy) is 1. The van der Waals surface area contributed by atoms with Crippen LogP contribution >= 0.6 is 0 Å². The summed E-state index contributed by atoms with van der Waals surface area (Å²) in [5.41, 5.74) is 0.170. The van der Waals surface area contributed by atoms with Crippen molar-refractivity contribution in [2.24, 2.45) is 16.7 Å². The molecular weight excluding hydrogens is 419 g/mol. The Bertz CT molecular complexity index is 864. The van der Waals surface area contributed by atoms with Crippen molar-refractivity contribution in [1.29, 1.82) is 5.26 Å². The highest BCUT2D eigenvalue weighted by Gasteiger charge is 2.48. The first-order valence-electron chi connectivity index (χ1n) is 11.5. The van der Waals surface area contributed by atoms with Crippen LogP contribution in [0.15, 0.2) is 18.2 Å². The minimum absolute atomic E-state index is 0.120. The van der Waals surface area contributed by atoms with E-state index in [4.69, 9.17) is 0 Å². The molecule has 32 heavy (non-hydrogen) atoms. The molecule has 5 nitrogen and oxygen atoms in total. The van der Waals surface area contributed by atoms with Gasteiger partial charge in [-0.05, 0) is 50.0 Å². The Kier molecular flexibility index (Phi) is 6.66. The number of hydrogen-bond acceptors (Lipinski definition) is 4. The summed E-state index contributed by atoms with van der Waals surface area (Å²) in [4.78, 5) is 15.1. The van der Waals surface area contributed by atoms with Crippen LogP contribution in [-0.2, 0) is 4.79 Å². The fourth-order valence-electron chi connectivity index (χ4n) is 5.83. The molecule has 3 aliphatic rings. The molecule has 4 rings (SSSR count). The Morgan fingerprint density at radius 1 is 1.16 bits per heavy atom. The normalized spacial score (nSPS) is 22.8. The number of halogens is 3. The molecule has 1 aromatic rings. The first-order chi connectivity index (χ1) is 15.3. The zero-order valence-corrected chi connectivity index (χ0v) is 18.2. The summed E-state index contributed by atoms with van der Waals surface area (Å²) in [6.45, 7) is -0.220. The van der Waals surface area contributed by atoms with Gasteiger partial charge in [-0.2, -0.15) is 14.0 Å². The van der Waals surface area contributed by atoms with Crippen molar-refractivity contribution in [1.82, 2.24) is 4.90 Å². The van der Waals surface area contributed by atoms with Gasteiger partial charge in [0.15, 0.2) is 0 Å². The first kappa shape index (κ1) is 22.9. The summed E-state index contributed by atoms with van der Waals surface area (Å²) >= 11 is 0. The number of carbonyl (C=O) groups excluding carboxylic acids is 1. The Labute approximate surface area is 186 Å². The molecule has 1 amide bonds. The summed E-state index contributed by atoms with van der Waals surface area (Å²) in [6, 6.07) is 5.76. The van der Waals surface area contributed by atoms with E-state index >= 15 is 0 Å². The minimum Gasteiger partial charge on any atom is -0.435 e. The smallest absolute Gasteiger partial charge is 0.387 e. The largest absolute Gasteiger partial charge is 0.435 e. The van der Waals surface area contributed by atoms with Crippen molar-refractivity contribution in [2.75, 3.05) is 25.0 Å². The molecule has 2 saturated carbocycles. The van der Waals surface area contributed by atoms with Crippen LogP contribution in [0.1, 0.15) is 57.8 Å². The summed E-state index contributed by atoms with van der Waals surface area (Å²) in [5.74, 6) is -1.46. The van der Waals surface area contributed by atoms with E-state index in [-0.39, 0.29) is 34.1 Å². The number of hydrogen-bond donors (Lipinski definition) is 1. The molecular formula is C24H30F3N3O2. The topological polar surface area (TPSA) is 65.4 Å². The molecule has 2 aliphatic carbocycles. The highest BCUT2D eigenvalue weighted by molar-refractivity contribution is 5.92. The van der Waals surface area contributed by atoms with Crippen molar-refractivity contribution in [3.8, 4) is 11.8 Å². The van der Waals surface area contributed by atoms with Gasteiger partial charge >= 0.3 is 6.61 Å². The zero-order valence-electron chi connectivity index (χ0n) is 18.2. The van der Waals surface area contributed by atoms with Crippen LogP contribution in [0, 0.1) is 33.9 Å². The van der Waals surface area contributed by atoms with E-state index in [1.54, 1.807) is 0 Å². The molecule has 0 atom stereocenters. The monoisotopic (exact) mass is 449 g/mol. The number of nitriles is 1. The van der Waals surface area contributed by atoms with Crippen molar-refractivity contribution in [2.45, 2.75) is 64.4 Å². The van der Waals surface area contributed by atoms with Crippen molar-refractivity contribution in [3.05, 3.63) is 24.0 Å². The van der Waals surface area contributed by atoms with Crippen molar-refractivity contribution in [3.63, 3.8) is 0 Å². The van der Waals surface area contributed by atoms with Gasteiger partial charge in [-0.25, -0.2) is 4.39 Å². The highest BCUT2D eigenvalue weighted by atomic mass is 19.3. The van der Waals surface area contributed by atoms with Gasteiger partial charge in [-0.3, -0.25) is 4.79 Å². The van der Waals surface area contributed by atoms with Gasteiger partial charge in [0.05, 0.1) is 11.5 Å². The number of benzene rings is 1. The number of alkyl halides is 2. The molecule has 8 heteroatoms. The standard InChI is InChI=1S/C24H30F3N3O2/c25-18-10-19(12-20(11-18)32-22(26)27)29-21(31)17-4-8-24(9-5-17)15-30(16-24)14-23(13-28)6-2-1-3-7-23/h10-12,17,22H,1-9,14-16H2,(H,29,31). The second-order valence-corrected chi connectivity index (χ2v) is 9.92. The molecule has 174 valence electrons. The van der Waals surface area contributed by atoms with Gasteiger partial charge in [0.2, 0.25) is 5.91 Å². The second kappa shape index (κ2) is 9.30. The van der Waals surface area contributed by atoms with Crippen LogP contribution in [0.4, 0.5) is 18.9 Å². The number of nitrogens with zero attached hydrogens (tertiary/aromatic N) is 2. The fourth-order valence-corrected chi connectivity index (χ4v) is 5.83.